The molecular weight excluding hydrogens is 242 g/mol. The monoisotopic (exact) mass is 265 g/mol. The SMILES string of the molecule is CN(CCCC(C)(N)C(=O)O)CCc1ccncc1. The lowest BCUT2D eigenvalue weighted by Crippen LogP contribution is -2.45. The topological polar surface area (TPSA) is 79.5 Å². The highest BCUT2D eigenvalue weighted by atomic mass is 16.4. The summed E-state index contributed by atoms with van der Waals surface area (Å²) in [7, 11) is 2.04. The van der Waals surface area contributed by atoms with E-state index in [9.17, 15) is 4.79 Å². The van der Waals surface area contributed by atoms with Gasteiger partial charge in [0.15, 0.2) is 0 Å². The fraction of sp³-hybridized carbons (Fsp3) is 0.571. The first-order valence-corrected chi connectivity index (χ1v) is 6.51. The molecule has 0 fully saturated rings. The third kappa shape index (κ3) is 5.81. The molecule has 0 radical (unpaired) electrons. The molecule has 0 bridgehead atoms. The van der Waals surface area contributed by atoms with Crippen LogP contribution in [0.3, 0.4) is 0 Å². The summed E-state index contributed by atoms with van der Waals surface area (Å²) in [5.74, 6) is -0.938. The van der Waals surface area contributed by atoms with Gasteiger partial charge in [-0.15, -0.1) is 0 Å². The van der Waals surface area contributed by atoms with Crippen LogP contribution in [-0.4, -0.2) is 46.6 Å². The van der Waals surface area contributed by atoms with Gasteiger partial charge in [0.2, 0.25) is 0 Å². The van der Waals surface area contributed by atoms with Crippen molar-refractivity contribution in [3.63, 3.8) is 0 Å². The zero-order chi connectivity index (χ0) is 14.3. The third-order valence-electron chi connectivity index (χ3n) is 3.26. The maximum absolute atomic E-state index is 10.9. The van der Waals surface area contributed by atoms with Crippen molar-refractivity contribution in [1.82, 2.24) is 9.88 Å². The van der Waals surface area contributed by atoms with Crippen LogP contribution in [0.2, 0.25) is 0 Å². The molecule has 1 unspecified atom stereocenters. The summed E-state index contributed by atoms with van der Waals surface area (Å²) in [5.41, 5.74) is 5.83. The van der Waals surface area contributed by atoms with Gasteiger partial charge in [-0.05, 0) is 57.5 Å². The molecule has 0 aliphatic heterocycles. The first-order chi connectivity index (χ1) is 8.92. The highest BCUT2D eigenvalue weighted by molar-refractivity contribution is 5.77. The number of nitrogens with zero attached hydrogens (tertiary/aromatic N) is 2. The van der Waals surface area contributed by atoms with E-state index in [-0.39, 0.29) is 0 Å². The van der Waals surface area contributed by atoms with Gasteiger partial charge in [-0.3, -0.25) is 9.78 Å². The van der Waals surface area contributed by atoms with Crippen LogP contribution in [0, 0.1) is 0 Å². The Kier molecular flexibility index (Phi) is 5.92. The number of hydrogen-bond acceptors (Lipinski definition) is 4. The van der Waals surface area contributed by atoms with Gasteiger partial charge in [-0.25, -0.2) is 0 Å². The van der Waals surface area contributed by atoms with E-state index in [1.807, 2.05) is 19.2 Å². The Hall–Kier alpha value is -1.46. The fourth-order valence-corrected chi connectivity index (χ4v) is 1.80. The van der Waals surface area contributed by atoms with Crippen LogP contribution in [0.5, 0.6) is 0 Å². The summed E-state index contributed by atoms with van der Waals surface area (Å²) in [6.45, 7) is 3.36. The molecule has 0 saturated carbocycles. The summed E-state index contributed by atoms with van der Waals surface area (Å²) in [6.07, 6.45) is 5.83. The minimum Gasteiger partial charge on any atom is -0.480 e. The lowest BCUT2D eigenvalue weighted by atomic mass is 9.97. The Labute approximate surface area is 114 Å². The second-order valence-electron chi connectivity index (χ2n) is 5.23. The molecule has 1 aromatic rings. The van der Waals surface area contributed by atoms with E-state index in [4.69, 9.17) is 10.8 Å². The van der Waals surface area contributed by atoms with E-state index in [0.717, 1.165) is 25.9 Å². The molecular formula is C14H23N3O2. The third-order valence-corrected chi connectivity index (χ3v) is 3.26. The maximum atomic E-state index is 10.9. The molecule has 1 atom stereocenters. The molecule has 0 aromatic carbocycles. The number of carboxylic acid groups (broad SMARTS) is 1. The van der Waals surface area contributed by atoms with E-state index < -0.39 is 11.5 Å². The highest BCUT2D eigenvalue weighted by Gasteiger charge is 2.26. The molecule has 19 heavy (non-hydrogen) atoms. The first-order valence-electron chi connectivity index (χ1n) is 6.51. The van der Waals surface area contributed by atoms with Crippen LogP contribution in [0.25, 0.3) is 0 Å². The fourth-order valence-electron chi connectivity index (χ4n) is 1.80. The van der Waals surface area contributed by atoms with E-state index in [2.05, 4.69) is 9.88 Å². The molecule has 0 amide bonds. The summed E-state index contributed by atoms with van der Waals surface area (Å²) < 4.78 is 0. The second kappa shape index (κ2) is 7.21. The quantitative estimate of drug-likeness (QED) is 0.737. The van der Waals surface area contributed by atoms with Crippen LogP contribution in [-0.2, 0) is 11.2 Å². The highest BCUT2D eigenvalue weighted by Crippen LogP contribution is 2.09. The second-order valence-corrected chi connectivity index (χ2v) is 5.23. The van der Waals surface area contributed by atoms with Crippen molar-refractivity contribution in [2.75, 3.05) is 20.1 Å². The zero-order valence-corrected chi connectivity index (χ0v) is 11.7. The van der Waals surface area contributed by atoms with E-state index >= 15 is 0 Å². The van der Waals surface area contributed by atoms with E-state index in [0.29, 0.717) is 6.42 Å². The van der Waals surface area contributed by atoms with Crippen LogP contribution < -0.4 is 5.73 Å². The number of nitrogens with two attached hydrogens (primary N) is 1. The predicted molar refractivity (Wildman–Crippen MR) is 74.9 cm³/mol. The van der Waals surface area contributed by atoms with E-state index in [1.165, 1.54) is 5.56 Å². The van der Waals surface area contributed by atoms with Crippen molar-refractivity contribution in [3.05, 3.63) is 30.1 Å². The van der Waals surface area contributed by atoms with Crippen LogP contribution in [0.1, 0.15) is 25.3 Å². The van der Waals surface area contributed by atoms with Crippen molar-refractivity contribution in [2.24, 2.45) is 5.73 Å². The van der Waals surface area contributed by atoms with Gasteiger partial charge in [-0.2, -0.15) is 0 Å². The zero-order valence-electron chi connectivity index (χ0n) is 11.7. The molecule has 0 aliphatic carbocycles. The number of carboxylic acids is 1. The van der Waals surface area contributed by atoms with Crippen LogP contribution in [0.4, 0.5) is 0 Å². The molecule has 0 aliphatic rings. The Bertz CT molecular complexity index is 393. The molecule has 3 N–H and O–H groups in total. The number of pyridine rings is 1. The maximum Gasteiger partial charge on any atom is 0.323 e. The number of aliphatic carboxylic acids is 1. The number of carbonyl (C=O) groups is 1. The van der Waals surface area contributed by atoms with Crippen molar-refractivity contribution >= 4 is 5.97 Å². The lowest BCUT2D eigenvalue weighted by molar-refractivity contribution is -0.142. The van der Waals surface area contributed by atoms with Gasteiger partial charge >= 0.3 is 5.97 Å². The molecule has 0 saturated heterocycles. The van der Waals surface area contributed by atoms with Crippen LogP contribution >= 0.6 is 0 Å². The molecule has 1 rings (SSSR count). The van der Waals surface area contributed by atoms with Gasteiger partial charge in [0, 0.05) is 18.9 Å². The Morgan fingerprint density at radius 2 is 2.05 bits per heavy atom. The van der Waals surface area contributed by atoms with Crippen LogP contribution in [0.15, 0.2) is 24.5 Å². The van der Waals surface area contributed by atoms with Gasteiger partial charge in [0.05, 0.1) is 0 Å². The average molecular weight is 265 g/mol. The van der Waals surface area contributed by atoms with Gasteiger partial charge in [0.25, 0.3) is 0 Å². The van der Waals surface area contributed by atoms with Crippen molar-refractivity contribution in [3.8, 4) is 0 Å². The van der Waals surface area contributed by atoms with Gasteiger partial charge < -0.3 is 15.7 Å². The lowest BCUT2D eigenvalue weighted by Gasteiger charge is -2.21. The number of rotatable bonds is 8. The number of hydrogen-bond donors (Lipinski definition) is 2. The molecule has 0 spiro atoms. The summed E-state index contributed by atoms with van der Waals surface area (Å²) >= 11 is 0. The Morgan fingerprint density at radius 3 is 2.63 bits per heavy atom. The van der Waals surface area contributed by atoms with E-state index in [1.54, 1.807) is 19.3 Å². The molecule has 5 heteroatoms. The summed E-state index contributed by atoms with van der Waals surface area (Å²) in [5, 5.41) is 8.91. The molecule has 5 nitrogen and oxygen atoms in total. The number of likely N-dealkylation sites (N-methyl/N-ethyl adjacent to an activating group) is 1. The predicted octanol–water partition coefficient (Wildman–Crippen LogP) is 1.14. The Morgan fingerprint density at radius 1 is 1.42 bits per heavy atom. The Balaban J connectivity index is 2.22. The summed E-state index contributed by atoms with van der Waals surface area (Å²) in [4.78, 5) is 17.0. The largest absolute Gasteiger partial charge is 0.480 e. The molecule has 1 aromatic heterocycles. The minimum atomic E-state index is -1.12. The number of aromatic nitrogens is 1. The standard InChI is InChI=1S/C14H23N3O2/c1-14(15,13(18)19)7-3-10-17(2)11-6-12-4-8-16-9-5-12/h4-5,8-9H,3,6-7,10-11,15H2,1-2H3,(H,18,19). The average Bonchev–Trinajstić information content (AvgIpc) is 2.37. The first kappa shape index (κ1) is 15.6. The minimum absolute atomic E-state index is 0.488. The normalized spacial score (nSPS) is 14.3. The van der Waals surface area contributed by atoms with Gasteiger partial charge in [-0.1, -0.05) is 0 Å². The van der Waals surface area contributed by atoms with Crippen molar-refractivity contribution in [2.45, 2.75) is 31.7 Å². The smallest absolute Gasteiger partial charge is 0.323 e. The van der Waals surface area contributed by atoms with Crippen molar-refractivity contribution < 1.29 is 9.90 Å². The van der Waals surface area contributed by atoms with Gasteiger partial charge in [0.1, 0.15) is 5.54 Å². The summed E-state index contributed by atoms with van der Waals surface area (Å²) in [6, 6.07) is 4.02. The molecule has 1 heterocycles. The molecule has 106 valence electrons. The van der Waals surface area contributed by atoms with Crippen molar-refractivity contribution in [1.29, 1.82) is 0 Å².